The standard InChI is InChI=1S/C49H45NO2S2/c1-3-5-7-9-17-32-28-46(53-44(32)30-35(31-50)48(51)52)47-34(18-10-8-6-4-2)29-45(54-47)33-25-26-39-38-21-13-16-24-42(38)49(43(39)27-33)40-22-14-11-19-36(40)37-20-12-15-23-41(37)49/h11-16,19-30H,3-10,17-18H2,1-2H3,(H,51,52)/b35-30+. The predicted octanol–water partition coefficient (Wildman–Crippen LogP) is 13.7. The number of aliphatic carboxylic acids is 1. The molecule has 4 aromatic carbocycles. The van der Waals surface area contributed by atoms with Crippen molar-refractivity contribution in [3.05, 3.63) is 147 Å². The Morgan fingerprint density at radius 3 is 1.74 bits per heavy atom. The van der Waals surface area contributed by atoms with E-state index < -0.39 is 5.97 Å². The molecule has 2 heterocycles. The van der Waals surface area contributed by atoms with Crippen LogP contribution in [0.4, 0.5) is 0 Å². The van der Waals surface area contributed by atoms with E-state index in [0.29, 0.717) is 0 Å². The average molecular weight is 744 g/mol. The molecule has 0 amide bonds. The summed E-state index contributed by atoms with van der Waals surface area (Å²) >= 11 is 3.49. The number of aryl methyl sites for hydroxylation is 2. The lowest BCUT2D eigenvalue weighted by molar-refractivity contribution is -0.132. The number of carboxylic acid groups (broad SMARTS) is 1. The van der Waals surface area contributed by atoms with Gasteiger partial charge in [-0.1, -0.05) is 137 Å². The Kier molecular flexibility index (Phi) is 10.2. The number of rotatable bonds is 14. The number of nitriles is 1. The van der Waals surface area contributed by atoms with Gasteiger partial charge in [0.15, 0.2) is 0 Å². The molecule has 0 atom stereocenters. The van der Waals surface area contributed by atoms with Crippen LogP contribution in [0.3, 0.4) is 0 Å². The summed E-state index contributed by atoms with van der Waals surface area (Å²) in [7, 11) is 0. The minimum absolute atomic E-state index is 0.215. The quantitative estimate of drug-likeness (QED) is 0.0685. The van der Waals surface area contributed by atoms with Crippen molar-refractivity contribution in [1.82, 2.24) is 0 Å². The van der Waals surface area contributed by atoms with Gasteiger partial charge >= 0.3 is 5.97 Å². The van der Waals surface area contributed by atoms with Gasteiger partial charge in [-0.25, -0.2) is 4.79 Å². The number of hydrogen-bond acceptors (Lipinski definition) is 4. The van der Waals surface area contributed by atoms with E-state index in [-0.39, 0.29) is 11.0 Å². The number of nitrogens with zero attached hydrogens (tertiary/aromatic N) is 1. The molecule has 2 aliphatic rings. The predicted molar refractivity (Wildman–Crippen MR) is 226 cm³/mol. The number of benzene rings is 4. The third kappa shape index (κ3) is 6.16. The minimum atomic E-state index is -1.18. The lowest BCUT2D eigenvalue weighted by atomic mass is 9.70. The summed E-state index contributed by atoms with van der Waals surface area (Å²) in [6, 6.07) is 40.6. The Morgan fingerprint density at radius 2 is 1.19 bits per heavy atom. The Labute approximate surface area is 327 Å². The van der Waals surface area contributed by atoms with E-state index in [9.17, 15) is 15.2 Å². The molecule has 2 aromatic heterocycles. The molecule has 1 N–H and O–H groups in total. The number of fused-ring (bicyclic) bond motifs is 10. The van der Waals surface area contributed by atoms with Crippen LogP contribution in [-0.4, -0.2) is 11.1 Å². The molecule has 0 unspecified atom stereocenters. The van der Waals surface area contributed by atoms with Crippen LogP contribution in [0.5, 0.6) is 0 Å². The topological polar surface area (TPSA) is 61.1 Å². The second-order valence-corrected chi connectivity index (χ2v) is 16.8. The third-order valence-electron chi connectivity index (χ3n) is 11.4. The summed E-state index contributed by atoms with van der Waals surface area (Å²) in [5.74, 6) is -1.18. The lowest BCUT2D eigenvalue weighted by Crippen LogP contribution is -2.25. The maximum atomic E-state index is 11.9. The number of unbranched alkanes of at least 4 members (excludes halogenated alkanes) is 6. The van der Waals surface area contributed by atoms with Crippen molar-refractivity contribution in [2.75, 3.05) is 0 Å². The second-order valence-electron chi connectivity index (χ2n) is 14.7. The first-order valence-electron chi connectivity index (χ1n) is 19.5. The fourth-order valence-corrected chi connectivity index (χ4v) is 11.3. The normalized spacial score (nSPS) is 13.4. The van der Waals surface area contributed by atoms with E-state index >= 15 is 0 Å². The molecule has 8 rings (SSSR count). The first-order chi connectivity index (χ1) is 26.5. The molecular formula is C49H45NO2S2. The SMILES string of the molecule is CCCCCCc1cc(-c2sc(-c3ccc4c(c3)C3(c5ccccc5-c5ccccc53)c3ccccc3-4)cc2CCCCCC)sc1/C=C(\C#N)C(=O)O. The lowest BCUT2D eigenvalue weighted by Gasteiger charge is -2.30. The van der Waals surface area contributed by atoms with Gasteiger partial charge in [-0.3, -0.25) is 0 Å². The molecule has 0 radical (unpaired) electrons. The molecule has 0 bridgehead atoms. The van der Waals surface area contributed by atoms with Crippen molar-refractivity contribution in [2.45, 2.75) is 83.5 Å². The highest BCUT2D eigenvalue weighted by atomic mass is 32.1. The van der Waals surface area contributed by atoms with Crippen molar-refractivity contribution in [1.29, 1.82) is 5.26 Å². The Hall–Kier alpha value is -5.02. The Balaban J connectivity index is 1.27. The smallest absolute Gasteiger partial charge is 0.346 e. The number of carbonyl (C=O) groups is 1. The van der Waals surface area contributed by atoms with Crippen LogP contribution in [0.1, 0.15) is 103 Å². The highest BCUT2D eigenvalue weighted by Gasteiger charge is 2.51. The van der Waals surface area contributed by atoms with Gasteiger partial charge in [-0.2, -0.15) is 5.26 Å². The van der Waals surface area contributed by atoms with E-state index in [1.165, 1.54) is 95.9 Å². The zero-order chi connectivity index (χ0) is 37.2. The van der Waals surface area contributed by atoms with Crippen molar-refractivity contribution >= 4 is 34.7 Å². The number of carboxylic acids is 1. The maximum absolute atomic E-state index is 11.9. The second kappa shape index (κ2) is 15.4. The third-order valence-corrected chi connectivity index (χ3v) is 13.9. The molecule has 0 aliphatic heterocycles. The fourth-order valence-electron chi connectivity index (χ4n) is 8.84. The molecule has 0 saturated carbocycles. The van der Waals surface area contributed by atoms with Gasteiger partial charge < -0.3 is 5.11 Å². The van der Waals surface area contributed by atoms with Crippen molar-refractivity contribution in [3.63, 3.8) is 0 Å². The van der Waals surface area contributed by atoms with E-state index in [2.05, 4.69) is 117 Å². The summed E-state index contributed by atoms with van der Waals surface area (Å²) in [6.45, 7) is 4.47. The largest absolute Gasteiger partial charge is 0.477 e. The highest BCUT2D eigenvalue weighted by molar-refractivity contribution is 7.24. The molecular weight excluding hydrogens is 699 g/mol. The molecule has 54 heavy (non-hydrogen) atoms. The van der Waals surface area contributed by atoms with Gasteiger partial charge in [0.1, 0.15) is 11.6 Å². The Bertz CT molecular complexity index is 2370. The van der Waals surface area contributed by atoms with E-state index in [1.54, 1.807) is 17.4 Å². The molecule has 270 valence electrons. The number of thiophene rings is 2. The van der Waals surface area contributed by atoms with Crippen LogP contribution in [0.15, 0.2) is 109 Å². The van der Waals surface area contributed by atoms with E-state index in [4.69, 9.17) is 0 Å². The van der Waals surface area contributed by atoms with Crippen LogP contribution >= 0.6 is 22.7 Å². The molecule has 0 fully saturated rings. The van der Waals surface area contributed by atoms with Crippen molar-refractivity contribution in [3.8, 4) is 48.5 Å². The van der Waals surface area contributed by atoms with Crippen LogP contribution in [0, 0.1) is 11.3 Å². The zero-order valence-electron chi connectivity index (χ0n) is 31.1. The van der Waals surface area contributed by atoms with Crippen LogP contribution < -0.4 is 0 Å². The van der Waals surface area contributed by atoms with Crippen molar-refractivity contribution < 1.29 is 9.90 Å². The maximum Gasteiger partial charge on any atom is 0.346 e. The molecule has 0 saturated heterocycles. The van der Waals surface area contributed by atoms with Gasteiger partial charge in [0.2, 0.25) is 0 Å². The molecule has 3 nitrogen and oxygen atoms in total. The summed E-state index contributed by atoms with van der Waals surface area (Å²) in [4.78, 5) is 16.5. The first kappa shape index (κ1) is 36.0. The monoisotopic (exact) mass is 743 g/mol. The molecule has 2 aliphatic carbocycles. The van der Waals surface area contributed by atoms with Gasteiger partial charge in [-0.15, -0.1) is 22.7 Å². The average Bonchev–Trinajstić information content (AvgIpc) is 3.95. The Morgan fingerprint density at radius 1 is 0.648 bits per heavy atom. The van der Waals surface area contributed by atoms with Gasteiger partial charge in [-0.05, 0) is 111 Å². The molecule has 6 aromatic rings. The van der Waals surface area contributed by atoms with Gasteiger partial charge in [0, 0.05) is 19.5 Å². The summed E-state index contributed by atoms with van der Waals surface area (Å²) in [5.41, 5.74) is 13.7. The summed E-state index contributed by atoms with van der Waals surface area (Å²) in [6.07, 6.45) is 12.7. The van der Waals surface area contributed by atoms with Crippen LogP contribution in [0.2, 0.25) is 0 Å². The van der Waals surface area contributed by atoms with Gasteiger partial charge in [0.25, 0.3) is 0 Å². The van der Waals surface area contributed by atoms with Crippen LogP contribution in [-0.2, 0) is 23.1 Å². The van der Waals surface area contributed by atoms with E-state index in [1.807, 2.05) is 17.4 Å². The highest BCUT2D eigenvalue weighted by Crippen LogP contribution is 2.63. The summed E-state index contributed by atoms with van der Waals surface area (Å²) < 4.78 is 0. The van der Waals surface area contributed by atoms with Crippen molar-refractivity contribution in [2.24, 2.45) is 0 Å². The van der Waals surface area contributed by atoms with Gasteiger partial charge in [0.05, 0.1) is 5.41 Å². The fraction of sp³-hybridized carbons (Fsp3) is 0.265. The summed E-state index contributed by atoms with van der Waals surface area (Å²) in [5, 5.41) is 19.4. The number of hydrogen-bond donors (Lipinski definition) is 1. The van der Waals surface area contributed by atoms with E-state index in [0.717, 1.165) is 49.0 Å². The molecule has 5 heteroatoms. The first-order valence-corrected chi connectivity index (χ1v) is 21.2. The zero-order valence-corrected chi connectivity index (χ0v) is 32.7. The molecule has 1 spiro atoms. The minimum Gasteiger partial charge on any atom is -0.477 e. The van der Waals surface area contributed by atoms with Crippen LogP contribution in [0.25, 0.3) is 48.5 Å².